The van der Waals surface area contributed by atoms with Crippen LogP contribution in [-0.4, -0.2) is 32.1 Å². The summed E-state index contributed by atoms with van der Waals surface area (Å²) in [7, 11) is 5.24. The largest absolute Gasteiger partial charge is 0.494 e. The molecule has 5 nitrogen and oxygen atoms in total. The highest BCUT2D eigenvalue weighted by molar-refractivity contribution is 6.37. The molecule has 2 aromatic rings. The molecule has 0 saturated heterocycles. The molecule has 0 spiro atoms. The number of nitrogens with one attached hydrogen (secondary N) is 1. The fourth-order valence-electron chi connectivity index (χ4n) is 1.81. The van der Waals surface area contributed by atoms with Crippen molar-refractivity contribution in [3.8, 4) is 5.75 Å². The van der Waals surface area contributed by atoms with Gasteiger partial charge in [0.05, 0.1) is 29.0 Å². The average molecular weight is 340 g/mol. The summed E-state index contributed by atoms with van der Waals surface area (Å²) in [5, 5.41) is 3.30. The zero-order chi connectivity index (χ0) is 16.3. The molecule has 0 aliphatic rings. The number of hydrogen-bond donors (Lipinski definition) is 1. The summed E-state index contributed by atoms with van der Waals surface area (Å²) in [6.07, 6.45) is 1.58. The van der Waals surface area contributed by atoms with Crippen molar-refractivity contribution in [1.29, 1.82) is 0 Å². The van der Waals surface area contributed by atoms with E-state index in [0.717, 1.165) is 5.82 Å². The van der Waals surface area contributed by atoms with E-state index in [1.165, 1.54) is 19.2 Å². The number of benzene rings is 1. The van der Waals surface area contributed by atoms with Crippen LogP contribution in [0.2, 0.25) is 10.0 Å². The number of nitrogens with zero attached hydrogens (tertiary/aromatic N) is 2. The predicted molar refractivity (Wildman–Crippen MR) is 89.5 cm³/mol. The lowest BCUT2D eigenvalue weighted by molar-refractivity contribution is 0.102. The molecular formula is C15H15Cl2N3O2. The van der Waals surface area contributed by atoms with Crippen LogP contribution in [0.5, 0.6) is 5.75 Å². The van der Waals surface area contributed by atoms with Gasteiger partial charge in [0.2, 0.25) is 0 Å². The van der Waals surface area contributed by atoms with Gasteiger partial charge in [-0.05, 0) is 24.3 Å². The Morgan fingerprint density at radius 2 is 1.86 bits per heavy atom. The van der Waals surface area contributed by atoms with Crippen molar-refractivity contribution in [2.75, 3.05) is 31.4 Å². The zero-order valence-electron chi connectivity index (χ0n) is 12.4. The standard InChI is InChI=1S/C15H15Cl2N3O2/c1-20(2)13-5-4-10(8-18-13)19-15(21)9-6-11(16)14(22-3)12(17)7-9/h4-8H,1-3H3,(H,19,21). The molecular weight excluding hydrogens is 325 g/mol. The van der Waals surface area contributed by atoms with E-state index >= 15 is 0 Å². The summed E-state index contributed by atoms with van der Waals surface area (Å²) >= 11 is 12.1. The topological polar surface area (TPSA) is 54.5 Å². The van der Waals surface area contributed by atoms with Gasteiger partial charge in [0.15, 0.2) is 5.75 Å². The Morgan fingerprint density at radius 1 is 1.23 bits per heavy atom. The van der Waals surface area contributed by atoms with Crippen molar-refractivity contribution in [2.45, 2.75) is 0 Å². The number of anilines is 2. The van der Waals surface area contributed by atoms with Gasteiger partial charge in [-0.3, -0.25) is 4.79 Å². The molecule has 0 bridgehead atoms. The van der Waals surface area contributed by atoms with E-state index in [-0.39, 0.29) is 16.0 Å². The lowest BCUT2D eigenvalue weighted by Gasteiger charge is -2.12. The highest BCUT2D eigenvalue weighted by Gasteiger charge is 2.14. The second-order valence-electron chi connectivity index (χ2n) is 4.73. The van der Waals surface area contributed by atoms with Gasteiger partial charge < -0.3 is 15.0 Å². The van der Waals surface area contributed by atoms with E-state index in [2.05, 4.69) is 10.3 Å². The third-order valence-corrected chi connectivity index (χ3v) is 3.49. The Bertz CT molecular complexity index is 665. The average Bonchev–Trinajstić information content (AvgIpc) is 2.47. The van der Waals surface area contributed by atoms with Gasteiger partial charge in [0, 0.05) is 19.7 Å². The number of methoxy groups -OCH3 is 1. The monoisotopic (exact) mass is 339 g/mol. The number of halogens is 2. The molecule has 0 fully saturated rings. The Balaban J connectivity index is 2.18. The molecule has 0 aliphatic carbocycles. The quantitative estimate of drug-likeness (QED) is 0.922. The van der Waals surface area contributed by atoms with Gasteiger partial charge in [-0.25, -0.2) is 4.98 Å². The van der Waals surface area contributed by atoms with E-state index in [1.54, 1.807) is 12.3 Å². The van der Waals surface area contributed by atoms with Gasteiger partial charge in [-0.2, -0.15) is 0 Å². The summed E-state index contributed by atoms with van der Waals surface area (Å²) in [4.78, 5) is 18.3. The Labute approximate surface area is 138 Å². The van der Waals surface area contributed by atoms with E-state index in [4.69, 9.17) is 27.9 Å². The minimum atomic E-state index is -0.328. The number of aromatic nitrogens is 1. The minimum Gasteiger partial charge on any atom is -0.494 e. The first-order valence-electron chi connectivity index (χ1n) is 6.40. The maximum Gasteiger partial charge on any atom is 0.255 e. The van der Waals surface area contributed by atoms with Crippen LogP contribution in [0.3, 0.4) is 0 Å². The Morgan fingerprint density at radius 3 is 2.32 bits per heavy atom. The number of carbonyl (C=O) groups is 1. The van der Waals surface area contributed by atoms with Gasteiger partial charge in [-0.1, -0.05) is 23.2 Å². The number of ether oxygens (including phenoxy) is 1. The fourth-order valence-corrected chi connectivity index (χ4v) is 2.46. The number of amides is 1. The first kappa shape index (κ1) is 16.4. The second kappa shape index (κ2) is 6.85. The van der Waals surface area contributed by atoms with E-state index in [0.29, 0.717) is 17.0 Å². The first-order valence-corrected chi connectivity index (χ1v) is 7.15. The predicted octanol–water partition coefficient (Wildman–Crippen LogP) is 3.72. The van der Waals surface area contributed by atoms with E-state index in [9.17, 15) is 4.79 Å². The van der Waals surface area contributed by atoms with Crippen LogP contribution in [0, 0.1) is 0 Å². The molecule has 22 heavy (non-hydrogen) atoms. The second-order valence-corrected chi connectivity index (χ2v) is 5.54. The molecule has 1 aromatic heterocycles. The van der Waals surface area contributed by atoms with Crippen LogP contribution in [0.25, 0.3) is 0 Å². The molecule has 0 saturated carbocycles. The molecule has 116 valence electrons. The highest BCUT2D eigenvalue weighted by Crippen LogP contribution is 2.34. The van der Waals surface area contributed by atoms with E-state index < -0.39 is 0 Å². The maximum absolute atomic E-state index is 12.2. The third-order valence-electron chi connectivity index (χ3n) is 2.93. The van der Waals surface area contributed by atoms with Crippen molar-refractivity contribution in [1.82, 2.24) is 4.98 Å². The molecule has 0 unspecified atom stereocenters. The number of carbonyl (C=O) groups excluding carboxylic acids is 1. The van der Waals surface area contributed by atoms with Crippen molar-refractivity contribution in [2.24, 2.45) is 0 Å². The minimum absolute atomic E-state index is 0.279. The maximum atomic E-state index is 12.2. The number of pyridine rings is 1. The van der Waals surface area contributed by atoms with Crippen LogP contribution in [0.4, 0.5) is 11.5 Å². The lowest BCUT2D eigenvalue weighted by Crippen LogP contribution is -2.14. The highest BCUT2D eigenvalue weighted by atomic mass is 35.5. The van der Waals surface area contributed by atoms with Gasteiger partial charge in [0.1, 0.15) is 5.82 Å². The molecule has 2 rings (SSSR count). The molecule has 0 atom stereocenters. The normalized spacial score (nSPS) is 10.2. The number of hydrogen-bond acceptors (Lipinski definition) is 4. The van der Waals surface area contributed by atoms with Crippen LogP contribution in [-0.2, 0) is 0 Å². The molecule has 0 radical (unpaired) electrons. The van der Waals surface area contributed by atoms with Crippen molar-refractivity contribution in [3.63, 3.8) is 0 Å². The summed E-state index contributed by atoms with van der Waals surface area (Å²) in [6.45, 7) is 0. The summed E-state index contributed by atoms with van der Waals surface area (Å²) in [5.74, 6) is 0.816. The van der Waals surface area contributed by atoms with Gasteiger partial charge in [0.25, 0.3) is 5.91 Å². The molecule has 1 amide bonds. The van der Waals surface area contributed by atoms with Crippen LogP contribution in [0.1, 0.15) is 10.4 Å². The summed E-state index contributed by atoms with van der Waals surface area (Å²) in [5.41, 5.74) is 0.922. The SMILES string of the molecule is COc1c(Cl)cc(C(=O)Nc2ccc(N(C)C)nc2)cc1Cl. The van der Waals surface area contributed by atoms with Gasteiger partial charge >= 0.3 is 0 Å². The molecule has 1 N–H and O–H groups in total. The summed E-state index contributed by atoms with van der Waals surface area (Å²) < 4.78 is 5.05. The zero-order valence-corrected chi connectivity index (χ0v) is 13.9. The first-order chi connectivity index (χ1) is 10.4. The van der Waals surface area contributed by atoms with Crippen molar-refractivity contribution >= 4 is 40.6 Å². The molecule has 1 heterocycles. The molecule has 7 heteroatoms. The summed E-state index contributed by atoms with van der Waals surface area (Å²) in [6, 6.07) is 6.59. The van der Waals surface area contributed by atoms with Crippen LogP contribution >= 0.6 is 23.2 Å². The third kappa shape index (κ3) is 3.61. The Hall–Kier alpha value is -1.98. The Kier molecular flexibility index (Phi) is 5.11. The van der Waals surface area contributed by atoms with Crippen LogP contribution in [0.15, 0.2) is 30.5 Å². The fraction of sp³-hybridized carbons (Fsp3) is 0.200. The number of rotatable bonds is 4. The van der Waals surface area contributed by atoms with E-state index in [1.807, 2.05) is 25.1 Å². The van der Waals surface area contributed by atoms with Crippen molar-refractivity contribution < 1.29 is 9.53 Å². The van der Waals surface area contributed by atoms with Gasteiger partial charge in [-0.15, -0.1) is 0 Å². The molecule has 1 aromatic carbocycles. The van der Waals surface area contributed by atoms with Crippen molar-refractivity contribution in [3.05, 3.63) is 46.1 Å². The molecule has 0 aliphatic heterocycles. The lowest BCUT2D eigenvalue weighted by atomic mass is 10.2. The van der Waals surface area contributed by atoms with Crippen LogP contribution < -0.4 is 15.0 Å². The smallest absolute Gasteiger partial charge is 0.255 e.